The highest BCUT2D eigenvalue weighted by molar-refractivity contribution is 7.85. The fourth-order valence-electron chi connectivity index (χ4n) is 5.02. The van der Waals surface area contributed by atoms with E-state index in [-0.39, 0.29) is 16.8 Å². The van der Waals surface area contributed by atoms with Gasteiger partial charge in [0.2, 0.25) is 5.91 Å². The third-order valence-corrected chi connectivity index (χ3v) is 9.19. The minimum atomic E-state index is -0.681. The molecule has 3 heterocycles. The summed E-state index contributed by atoms with van der Waals surface area (Å²) in [4.78, 5) is 18.0. The largest absolute Gasteiger partial charge is 0.370 e. The maximum Gasteiger partial charge on any atom is 0.224 e. The molecule has 2 saturated carbocycles. The van der Waals surface area contributed by atoms with E-state index in [2.05, 4.69) is 38.5 Å². The first-order valence-electron chi connectivity index (χ1n) is 13.7. The molecule has 0 unspecified atom stereocenters. The molecule has 8 nitrogen and oxygen atoms in total. The molecule has 40 heavy (non-hydrogen) atoms. The number of amides is 1. The van der Waals surface area contributed by atoms with Crippen molar-refractivity contribution in [2.45, 2.75) is 50.5 Å². The zero-order chi connectivity index (χ0) is 28.1. The summed E-state index contributed by atoms with van der Waals surface area (Å²) < 4.78 is 26.2. The van der Waals surface area contributed by atoms with Crippen LogP contribution in [-0.4, -0.2) is 55.0 Å². The van der Waals surface area contributed by atoms with Crippen LogP contribution in [0.25, 0.3) is 16.9 Å². The van der Waals surface area contributed by atoms with E-state index in [1.807, 2.05) is 18.3 Å². The summed E-state index contributed by atoms with van der Waals surface area (Å²) in [6, 6.07) is 11.6. The van der Waals surface area contributed by atoms with Gasteiger partial charge in [0, 0.05) is 58.8 Å². The van der Waals surface area contributed by atoms with Gasteiger partial charge in [0.25, 0.3) is 0 Å². The van der Waals surface area contributed by atoms with Crippen LogP contribution in [0.1, 0.15) is 44.9 Å². The Balaban J connectivity index is 0.000000194. The summed E-state index contributed by atoms with van der Waals surface area (Å²) >= 11 is 6.05. The Morgan fingerprint density at radius 3 is 2.42 bits per heavy atom. The van der Waals surface area contributed by atoms with Gasteiger partial charge in [-0.15, -0.1) is 0 Å². The number of hydrogen-bond acceptors (Lipinski definition) is 6. The molecule has 1 aliphatic heterocycles. The van der Waals surface area contributed by atoms with Crippen LogP contribution in [0.3, 0.4) is 0 Å². The summed E-state index contributed by atoms with van der Waals surface area (Å²) in [6.07, 6.45) is 11.9. The molecule has 6 rings (SSSR count). The van der Waals surface area contributed by atoms with Crippen LogP contribution in [0.4, 0.5) is 10.1 Å². The van der Waals surface area contributed by atoms with Crippen molar-refractivity contribution < 1.29 is 13.4 Å². The van der Waals surface area contributed by atoms with Crippen LogP contribution in [0.2, 0.25) is 5.02 Å². The van der Waals surface area contributed by atoms with Gasteiger partial charge in [-0.25, -0.2) is 14.1 Å². The molecular formula is C29H32ClFN6O2S. The van der Waals surface area contributed by atoms with Gasteiger partial charge in [0.05, 0.1) is 23.5 Å². The maximum atomic E-state index is 13.1. The Morgan fingerprint density at radius 2 is 1.80 bits per heavy atom. The van der Waals surface area contributed by atoms with Crippen LogP contribution in [-0.2, 0) is 15.6 Å². The summed E-state index contributed by atoms with van der Waals surface area (Å²) in [6.45, 7) is 1.64. The molecule has 1 aromatic carbocycles. The topological polar surface area (TPSA) is 104 Å². The van der Waals surface area contributed by atoms with Crippen molar-refractivity contribution in [3.8, 4) is 23.0 Å². The van der Waals surface area contributed by atoms with Gasteiger partial charge < -0.3 is 10.2 Å². The highest BCUT2D eigenvalue weighted by Crippen LogP contribution is 2.35. The Hall–Kier alpha value is -3.29. The van der Waals surface area contributed by atoms with Crippen LogP contribution in [0.15, 0.2) is 48.9 Å². The van der Waals surface area contributed by atoms with Gasteiger partial charge in [-0.05, 0) is 49.4 Å². The van der Waals surface area contributed by atoms with Gasteiger partial charge in [0.15, 0.2) is 5.82 Å². The van der Waals surface area contributed by atoms with Gasteiger partial charge >= 0.3 is 0 Å². The number of anilines is 1. The molecule has 0 bridgehead atoms. The molecule has 1 amide bonds. The second kappa shape index (κ2) is 12.5. The second-order valence-electron chi connectivity index (χ2n) is 10.5. The Bertz CT molecular complexity index is 1400. The predicted molar refractivity (Wildman–Crippen MR) is 154 cm³/mol. The van der Waals surface area contributed by atoms with Crippen LogP contribution < -0.4 is 10.2 Å². The number of benzene rings is 1. The zero-order valence-corrected chi connectivity index (χ0v) is 23.8. The van der Waals surface area contributed by atoms with E-state index in [1.165, 1.54) is 17.2 Å². The molecule has 3 aromatic rings. The van der Waals surface area contributed by atoms with Gasteiger partial charge in [-0.1, -0.05) is 43.0 Å². The molecule has 1 saturated heterocycles. The maximum absolute atomic E-state index is 13.1. The molecule has 2 aromatic heterocycles. The third kappa shape index (κ3) is 6.88. The first kappa shape index (κ1) is 28.2. The minimum absolute atomic E-state index is 0.115. The Kier molecular flexibility index (Phi) is 8.81. The molecule has 2 aliphatic carbocycles. The van der Waals surface area contributed by atoms with E-state index in [4.69, 9.17) is 16.9 Å². The molecule has 0 atom stereocenters. The summed E-state index contributed by atoms with van der Waals surface area (Å²) in [7, 11) is -0.681. The fourth-order valence-corrected chi connectivity index (χ4v) is 6.31. The molecule has 3 fully saturated rings. The quantitative estimate of drug-likeness (QED) is 0.452. The standard InChI is InChI=1S/C18H16ClFN4OS.C11H16N2O/c19-17-9-15(20)11-21-18(17)24-12-14(10-22-24)13-1-3-16(4-2-13)23-5-7-26(25)8-6-23;12-8-11(6-7-11)13-10(14)9-4-2-1-3-5-9/h1-4,9-12H,5-8H2;9H,1-7H2,(H,13,14). The van der Waals surface area contributed by atoms with Crippen molar-refractivity contribution in [1.29, 1.82) is 5.26 Å². The SMILES string of the molecule is N#CC1(NC(=O)C2CCCCC2)CC1.O=S1CCN(c2ccc(-c3cnn(-c4ncc(F)cc4Cl)c3)cc2)CC1. The van der Waals surface area contributed by atoms with E-state index in [0.717, 1.165) is 86.1 Å². The third-order valence-electron chi connectivity index (χ3n) is 7.63. The smallest absolute Gasteiger partial charge is 0.224 e. The van der Waals surface area contributed by atoms with Crippen LogP contribution in [0.5, 0.6) is 0 Å². The summed E-state index contributed by atoms with van der Waals surface area (Å²) in [5.74, 6) is 1.64. The number of nitrogens with one attached hydrogen (secondary N) is 1. The van der Waals surface area contributed by atoms with Crippen LogP contribution >= 0.6 is 11.6 Å². The number of halogens is 2. The van der Waals surface area contributed by atoms with Crippen molar-refractivity contribution in [3.05, 3.63) is 59.8 Å². The van der Waals surface area contributed by atoms with Crippen molar-refractivity contribution in [2.24, 2.45) is 5.92 Å². The fraction of sp³-hybridized carbons (Fsp3) is 0.448. The molecule has 0 radical (unpaired) electrons. The monoisotopic (exact) mass is 582 g/mol. The van der Waals surface area contributed by atoms with Crippen molar-refractivity contribution in [2.75, 3.05) is 29.5 Å². The highest BCUT2D eigenvalue weighted by atomic mass is 35.5. The molecule has 1 N–H and O–H groups in total. The number of nitrogens with zero attached hydrogens (tertiary/aromatic N) is 5. The lowest BCUT2D eigenvalue weighted by molar-refractivity contribution is -0.126. The van der Waals surface area contributed by atoms with E-state index in [1.54, 1.807) is 6.20 Å². The van der Waals surface area contributed by atoms with Gasteiger partial charge in [-0.2, -0.15) is 10.4 Å². The number of pyridine rings is 1. The predicted octanol–water partition coefficient (Wildman–Crippen LogP) is 5.03. The number of carbonyl (C=O) groups excluding carboxylic acids is 1. The number of hydrogen-bond donors (Lipinski definition) is 1. The normalized spacial score (nSPS) is 18.8. The zero-order valence-electron chi connectivity index (χ0n) is 22.2. The van der Waals surface area contributed by atoms with E-state index in [9.17, 15) is 13.4 Å². The van der Waals surface area contributed by atoms with Crippen molar-refractivity contribution in [3.63, 3.8) is 0 Å². The summed E-state index contributed by atoms with van der Waals surface area (Å²) in [5, 5.41) is 16.2. The lowest BCUT2D eigenvalue weighted by Gasteiger charge is -2.28. The molecule has 11 heteroatoms. The molecule has 3 aliphatic rings. The number of nitriles is 1. The number of rotatable bonds is 5. The second-order valence-corrected chi connectivity index (χ2v) is 12.6. The van der Waals surface area contributed by atoms with Crippen molar-refractivity contribution >= 4 is 34.0 Å². The lowest BCUT2D eigenvalue weighted by Crippen LogP contribution is -2.40. The Labute approximate surface area is 241 Å². The van der Waals surface area contributed by atoms with Crippen molar-refractivity contribution in [1.82, 2.24) is 20.1 Å². The molecule has 210 valence electrons. The average Bonchev–Trinajstić information content (AvgIpc) is 3.58. The van der Waals surface area contributed by atoms with Gasteiger partial charge in [-0.3, -0.25) is 9.00 Å². The number of aromatic nitrogens is 3. The lowest BCUT2D eigenvalue weighted by atomic mass is 9.88. The molecular weight excluding hydrogens is 551 g/mol. The first-order chi connectivity index (χ1) is 19.4. The summed E-state index contributed by atoms with van der Waals surface area (Å²) in [5.41, 5.74) is 2.58. The highest BCUT2D eigenvalue weighted by Gasteiger charge is 2.45. The van der Waals surface area contributed by atoms with E-state index < -0.39 is 22.2 Å². The van der Waals surface area contributed by atoms with E-state index in [0.29, 0.717) is 5.82 Å². The average molecular weight is 583 g/mol. The Morgan fingerprint density at radius 1 is 1.10 bits per heavy atom. The minimum Gasteiger partial charge on any atom is -0.370 e. The van der Waals surface area contributed by atoms with E-state index >= 15 is 0 Å². The van der Waals surface area contributed by atoms with Crippen LogP contribution in [0, 0.1) is 23.1 Å². The molecule has 0 spiro atoms. The van der Waals surface area contributed by atoms with Gasteiger partial charge in [0.1, 0.15) is 11.4 Å². The number of carbonyl (C=O) groups is 1. The first-order valence-corrected chi connectivity index (χ1v) is 15.5.